The summed E-state index contributed by atoms with van der Waals surface area (Å²) in [6.07, 6.45) is 2.31. The first kappa shape index (κ1) is 12.3. The van der Waals surface area contributed by atoms with Gasteiger partial charge in [0, 0.05) is 32.3 Å². The van der Waals surface area contributed by atoms with Gasteiger partial charge < -0.3 is 15.2 Å². The molecule has 2 aliphatic rings. The number of β-amino-alcohol motifs (C(OH)–C–C–N with tert-alkyl or cyclic N) is 1. The van der Waals surface area contributed by atoms with Crippen molar-refractivity contribution in [2.45, 2.75) is 31.9 Å². The van der Waals surface area contributed by atoms with Crippen molar-refractivity contribution in [3.05, 3.63) is 0 Å². The largest absolute Gasteiger partial charge is 0.389 e. The van der Waals surface area contributed by atoms with Gasteiger partial charge in [-0.3, -0.25) is 4.90 Å². The Kier molecular flexibility index (Phi) is 4.58. The molecule has 0 saturated carbocycles. The van der Waals surface area contributed by atoms with E-state index in [4.69, 9.17) is 4.74 Å². The summed E-state index contributed by atoms with van der Waals surface area (Å²) in [6.45, 7) is 7.26. The van der Waals surface area contributed by atoms with Crippen LogP contribution in [0.2, 0.25) is 0 Å². The summed E-state index contributed by atoms with van der Waals surface area (Å²) in [6, 6.07) is 0.660. The molecule has 2 fully saturated rings. The summed E-state index contributed by atoms with van der Waals surface area (Å²) < 4.78 is 5.23. The van der Waals surface area contributed by atoms with Crippen LogP contribution >= 0.6 is 0 Å². The Hall–Kier alpha value is -0.160. The summed E-state index contributed by atoms with van der Waals surface area (Å²) in [5.74, 6) is 0.799. The van der Waals surface area contributed by atoms with Crippen molar-refractivity contribution in [3.8, 4) is 0 Å². The molecule has 94 valence electrons. The number of fused-ring (bicyclic) bond motifs is 1. The number of aliphatic hydroxyl groups excluding tert-OH is 1. The monoisotopic (exact) mass is 228 g/mol. The Morgan fingerprint density at radius 1 is 1.50 bits per heavy atom. The summed E-state index contributed by atoms with van der Waals surface area (Å²) in [5.41, 5.74) is 0. The van der Waals surface area contributed by atoms with Gasteiger partial charge in [-0.2, -0.15) is 0 Å². The molecule has 2 heterocycles. The molecule has 3 unspecified atom stereocenters. The van der Waals surface area contributed by atoms with Crippen LogP contribution in [0.3, 0.4) is 0 Å². The van der Waals surface area contributed by atoms with E-state index < -0.39 is 0 Å². The fourth-order valence-electron chi connectivity index (χ4n) is 2.89. The van der Waals surface area contributed by atoms with Gasteiger partial charge in [0.25, 0.3) is 0 Å². The molecule has 0 radical (unpaired) electrons. The lowest BCUT2D eigenvalue weighted by Gasteiger charge is -2.24. The molecule has 4 heteroatoms. The van der Waals surface area contributed by atoms with Gasteiger partial charge in [-0.15, -0.1) is 0 Å². The van der Waals surface area contributed by atoms with Crippen LogP contribution in [0.25, 0.3) is 0 Å². The highest BCUT2D eigenvalue weighted by Gasteiger charge is 2.34. The molecule has 0 bridgehead atoms. The SMILES string of the molecule is CCOCC(O)CN1CC2CCCNC2C1. The molecule has 0 amide bonds. The molecule has 0 aromatic rings. The molecule has 2 saturated heterocycles. The smallest absolute Gasteiger partial charge is 0.0900 e. The molecule has 2 rings (SSSR count). The summed E-state index contributed by atoms with van der Waals surface area (Å²) in [7, 11) is 0. The number of piperidine rings is 1. The second-order valence-electron chi connectivity index (χ2n) is 4.99. The van der Waals surface area contributed by atoms with E-state index >= 15 is 0 Å². The standard InChI is InChI=1S/C12H24N2O2/c1-2-16-9-11(15)7-14-6-10-4-3-5-13-12(10)8-14/h10-13,15H,2-9H2,1H3. The van der Waals surface area contributed by atoms with Gasteiger partial charge in [-0.05, 0) is 32.2 Å². The van der Waals surface area contributed by atoms with Crippen molar-refractivity contribution < 1.29 is 9.84 Å². The molecule has 0 aliphatic carbocycles. The Labute approximate surface area is 98.0 Å². The van der Waals surface area contributed by atoms with Gasteiger partial charge in [0.2, 0.25) is 0 Å². The van der Waals surface area contributed by atoms with Crippen molar-refractivity contribution in [3.63, 3.8) is 0 Å². The Morgan fingerprint density at radius 2 is 2.38 bits per heavy atom. The average Bonchev–Trinajstić information content (AvgIpc) is 2.68. The normalized spacial score (nSPS) is 32.6. The topological polar surface area (TPSA) is 44.7 Å². The first-order valence-electron chi connectivity index (χ1n) is 6.51. The maximum Gasteiger partial charge on any atom is 0.0900 e. The first-order chi connectivity index (χ1) is 7.79. The predicted molar refractivity (Wildman–Crippen MR) is 63.5 cm³/mol. The minimum absolute atomic E-state index is 0.333. The van der Waals surface area contributed by atoms with Gasteiger partial charge in [0.15, 0.2) is 0 Å². The minimum Gasteiger partial charge on any atom is -0.389 e. The van der Waals surface area contributed by atoms with Gasteiger partial charge in [0.1, 0.15) is 0 Å². The highest BCUT2D eigenvalue weighted by molar-refractivity contribution is 4.92. The number of nitrogens with zero attached hydrogens (tertiary/aromatic N) is 1. The highest BCUT2D eigenvalue weighted by atomic mass is 16.5. The lowest BCUT2D eigenvalue weighted by atomic mass is 9.94. The van der Waals surface area contributed by atoms with Gasteiger partial charge in [0.05, 0.1) is 12.7 Å². The molecule has 4 nitrogen and oxygen atoms in total. The molecule has 2 aliphatic heterocycles. The number of ether oxygens (including phenoxy) is 1. The number of aliphatic hydroxyl groups is 1. The third kappa shape index (κ3) is 3.17. The number of hydrogen-bond donors (Lipinski definition) is 2. The van der Waals surface area contributed by atoms with Crippen LogP contribution in [0, 0.1) is 5.92 Å². The van der Waals surface area contributed by atoms with Crippen LogP contribution in [-0.4, -0.2) is 61.5 Å². The average molecular weight is 228 g/mol. The van der Waals surface area contributed by atoms with E-state index in [2.05, 4.69) is 10.2 Å². The lowest BCUT2D eigenvalue weighted by molar-refractivity contribution is 0.0245. The molecular weight excluding hydrogens is 204 g/mol. The van der Waals surface area contributed by atoms with Crippen molar-refractivity contribution in [1.82, 2.24) is 10.2 Å². The van der Waals surface area contributed by atoms with E-state index in [9.17, 15) is 5.11 Å². The molecule has 0 aromatic heterocycles. The van der Waals surface area contributed by atoms with Gasteiger partial charge in [-0.1, -0.05) is 0 Å². The third-order valence-electron chi connectivity index (χ3n) is 3.66. The van der Waals surface area contributed by atoms with E-state index in [1.54, 1.807) is 0 Å². The van der Waals surface area contributed by atoms with Crippen molar-refractivity contribution in [2.75, 3.05) is 39.4 Å². The summed E-state index contributed by atoms with van der Waals surface area (Å²) >= 11 is 0. The second kappa shape index (κ2) is 5.96. The first-order valence-corrected chi connectivity index (χ1v) is 6.51. The van der Waals surface area contributed by atoms with Crippen LogP contribution in [-0.2, 0) is 4.74 Å². The van der Waals surface area contributed by atoms with E-state index in [0.29, 0.717) is 19.3 Å². The van der Waals surface area contributed by atoms with Crippen LogP contribution in [0.15, 0.2) is 0 Å². The maximum atomic E-state index is 9.79. The molecule has 3 atom stereocenters. The molecule has 0 spiro atoms. The Bertz CT molecular complexity index is 199. The van der Waals surface area contributed by atoms with E-state index in [1.165, 1.54) is 12.8 Å². The van der Waals surface area contributed by atoms with Gasteiger partial charge >= 0.3 is 0 Å². The van der Waals surface area contributed by atoms with Crippen molar-refractivity contribution in [2.24, 2.45) is 5.92 Å². The quantitative estimate of drug-likeness (QED) is 0.699. The second-order valence-corrected chi connectivity index (χ2v) is 4.99. The third-order valence-corrected chi connectivity index (χ3v) is 3.66. The van der Waals surface area contributed by atoms with Crippen molar-refractivity contribution in [1.29, 1.82) is 0 Å². The van der Waals surface area contributed by atoms with Crippen LogP contribution in [0.5, 0.6) is 0 Å². The Morgan fingerprint density at radius 3 is 3.12 bits per heavy atom. The van der Waals surface area contributed by atoms with E-state index in [-0.39, 0.29) is 6.10 Å². The predicted octanol–water partition coefficient (Wildman–Crippen LogP) is 0.0676. The fourth-order valence-corrected chi connectivity index (χ4v) is 2.89. The van der Waals surface area contributed by atoms with E-state index in [0.717, 1.165) is 32.1 Å². The zero-order chi connectivity index (χ0) is 11.4. The highest BCUT2D eigenvalue weighted by Crippen LogP contribution is 2.24. The number of nitrogens with one attached hydrogen (secondary N) is 1. The van der Waals surface area contributed by atoms with Crippen LogP contribution in [0.1, 0.15) is 19.8 Å². The summed E-state index contributed by atoms with van der Waals surface area (Å²) in [4.78, 5) is 2.37. The molecular formula is C12H24N2O2. The van der Waals surface area contributed by atoms with Crippen LogP contribution < -0.4 is 5.32 Å². The summed E-state index contributed by atoms with van der Waals surface area (Å²) in [5, 5.41) is 13.4. The Balaban J connectivity index is 1.71. The fraction of sp³-hybridized carbons (Fsp3) is 1.00. The number of likely N-dealkylation sites (tertiary alicyclic amines) is 1. The van der Waals surface area contributed by atoms with E-state index in [1.807, 2.05) is 6.92 Å². The van der Waals surface area contributed by atoms with Gasteiger partial charge in [-0.25, -0.2) is 0 Å². The molecule has 0 aromatic carbocycles. The maximum absolute atomic E-state index is 9.79. The molecule has 2 N–H and O–H groups in total. The zero-order valence-corrected chi connectivity index (χ0v) is 10.2. The lowest BCUT2D eigenvalue weighted by Crippen LogP contribution is -2.41. The minimum atomic E-state index is -0.333. The number of rotatable bonds is 5. The molecule has 16 heavy (non-hydrogen) atoms. The van der Waals surface area contributed by atoms with Crippen molar-refractivity contribution >= 4 is 0 Å². The van der Waals surface area contributed by atoms with Crippen LogP contribution in [0.4, 0.5) is 0 Å². The number of hydrogen-bond acceptors (Lipinski definition) is 4. The zero-order valence-electron chi connectivity index (χ0n) is 10.2.